The molecule has 2 rings (SSSR count). The number of likely N-dealkylation sites (tertiary alicyclic amines) is 1. The average Bonchev–Trinajstić information content (AvgIpc) is 3.01. The van der Waals surface area contributed by atoms with Crippen LogP contribution in [-0.4, -0.2) is 43.0 Å². The van der Waals surface area contributed by atoms with Crippen LogP contribution in [0.2, 0.25) is 0 Å². The Labute approximate surface area is 130 Å². The van der Waals surface area contributed by atoms with E-state index in [9.17, 15) is 9.59 Å². The third-order valence-electron chi connectivity index (χ3n) is 3.61. The lowest BCUT2D eigenvalue weighted by Gasteiger charge is -2.17. The number of nitrogens with zero attached hydrogens (tertiary/aromatic N) is 1. The molecule has 1 aromatic rings. The summed E-state index contributed by atoms with van der Waals surface area (Å²) in [6.07, 6.45) is 1.52. The zero-order valence-electron chi connectivity index (χ0n) is 12.8. The molecule has 0 bridgehead atoms. The Morgan fingerprint density at radius 2 is 1.95 bits per heavy atom. The maximum Gasteiger partial charge on any atom is 0.260 e. The summed E-state index contributed by atoms with van der Waals surface area (Å²) in [5.41, 5.74) is 5.27. The second-order valence-corrected chi connectivity index (χ2v) is 5.31. The molecule has 0 spiro atoms. The first kappa shape index (κ1) is 16.1. The van der Waals surface area contributed by atoms with E-state index in [0.717, 1.165) is 6.42 Å². The van der Waals surface area contributed by atoms with Crippen LogP contribution in [0.1, 0.15) is 19.8 Å². The largest absolute Gasteiger partial charge is 0.490 e. The van der Waals surface area contributed by atoms with E-state index in [-0.39, 0.29) is 24.3 Å². The number of para-hydroxylation sites is 2. The van der Waals surface area contributed by atoms with E-state index in [4.69, 9.17) is 15.2 Å². The van der Waals surface area contributed by atoms with Gasteiger partial charge in [-0.1, -0.05) is 19.1 Å². The quantitative estimate of drug-likeness (QED) is 0.820. The van der Waals surface area contributed by atoms with Crippen molar-refractivity contribution < 1.29 is 19.1 Å². The number of rotatable bonds is 7. The van der Waals surface area contributed by atoms with Crippen LogP contribution in [0.25, 0.3) is 0 Å². The summed E-state index contributed by atoms with van der Waals surface area (Å²) < 4.78 is 11.2. The highest BCUT2D eigenvalue weighted by molar-refractivity contribution is 5.81. The second-order valence-electron chi connectivity index (χ2n) is 5.31. The highest BCUT2D eigenvalue weighted by Crippen LogP contribution is 2.26. The fourth-order valence-electron chi connectivity index (χ4n) is 2.35. The number of ether oxygens (including phenoxy) is 2. The van der Waals surface area contributed by atoms with Crippen LogP contribution in [-0.2, 0) is 9.59 Å². The molecule has 1 atom stereocenters. The SMILES string of the molecule is CCCOc1ccccc1OCC(=O)N1CC[C@H](C(N)=O)C1. The number of nitrogens with two attached hydrogens (primary N) is 1. The number of benzene rings is 1. The van der Waals surface area contributed by atoms with Crippen LogP contribution in [0.5, 0.6) is 11.5 Å². The van der Waals surface area contributed by atoms with Gasteiger partial charge in [-0.25, -0.2) is 0 Å². The van der Waals surface area contributed by atoms with Crippen molar-refractivity contribution in [1.29, 1.82) is 0 Å². The van der Waals surface area contributed by atoms with E-state index in [2.05, 4.69) is 0 Å². The van der Waals surface area contributed by atoms with Gasteiger partial charge in [0.15, 0.2) is 18.1 Å². The molecule has 2 N–H and O–H groups in total. The van der Waals surface area contributed by atoms with Crippen molar-refractivity contribution in [1.82, 2.24) is 4.90 Å². The average molecular weight is 306 g/mol. The van der Waals surface area contributed by atoms with Crippen molar-refractivity contribution in [3.8, 4) is 11.5 Å². The van der Waals surface area contributed by atoms with Crippen molar-refractivity contribution in [2.24, 2.45) is 11.7 Å². The van der Waals surface area contributed by atoms with E-state index < -0.39 is 0 Å². The number of carbonyl (C=O) groups is 2. The number of amides is 2. The molecular weight excluding hydrogens is 284 g/mol. The minimum absolute atomic E-state index is 0.0714. The molecule has 6 heteroatoms. The van der Waals surface area contributed by atoms with Gasteiger partial charge in [0.25, 0.3) is 5.91 Å². The minimum Gasteiger partial charge on any atom is -0.490 e. The molecule has 120 valence electrons. The van der Waals surface area contributed by atoms with E-state index in [1.165, 1.54) is 0 Å². The molecule has 0 saturated carbocycles. The Balaban J connectivity index is 1.88. The maximum absolute atomic E-state index is 12.1. The Morgan fingerprint density at radius 3 is 2.55 bits per heavy atom. The van der Waals surface area contributed by atoms with Gasteiger partial charge >= 0.3 is 0 Å². The minimum atomic E-state index is -0.352. The summed E-state index contributed by atoms with van der Waals surface area (Å²) in [4.78, 5) is 24.9. The van der Waals surface area contributed by atoms with Crippen molar-refractivity contribution >= 4 is 11.8 Å². The van der Waals surface area contributed by atoms with Crippen molar-refractivity contribution in [2.75, 3.05) is 26.3 Å². The third-order valence-corrected chi connectivity index (χ3v) is 3.61. The summed E-state index contributed by atoms with van der Waals surface area (Å²) in [5, 5.41) is 0. The highest BCUT2D eigenvalue weighted by Gasteiger charge is 2.29. The molecule has 22 heavy (non-hydrogen) atoms. The smallest absolute Gasteiger partial charge is 0.260 e. The van der Waals surface area contributed by atoms with Crippen molar-refractivity contribution in [2.45, 2.75) is 19.8 Å². The Hall–Kier alpha value is -2.24. The molecule has 1 aliphatic rings. The molecule has 1 aliphatic heterocycles. The predicted octanol–water partition coefficient (Wildman–Crippen LogP) is 1.19. The molecule has 1 fully saturated rings. The predicted molar refractivity (Wildman–Crippen MR) is 81.6 cm³/mol. The molecule has 0 radical (unpaired) electrons. The van der Waals surface area contributed by atoms with Crippen LogP contribution in [0.15, 0.2) is 24.3 Å². The third kappa shape index (κ3) is 4.13. The van der Waals surface area contributed by atoms with Crippen LogP contribution < -0.4 is 15.2 Å². The van der Waals surface area contributed by atoms with E-state index in [1.54, 1.807) is 11.0 Å². The molecule has 2 amide bonds. The van der Waals surface area contributed by atoms with Gasteiger partial charge in [-0.05, 0) is 25.0 Å². The van der Waals surface area contributed by atoms with Gasteiger partial charge in [0.1, 0.15) is 0 Å². The molecule has 0 aromatic heterocycles. The molecule has 1 aromatic carbocycles. The molecule has 6 nitrogen and oxygen atoms in total. The summed E-state index contributed by atoms with van der Waals surface area (Å²) >= 11 is 0. The second kappa shape index (κ2) is 7.68. The molecule has 1 saturated heterocycles. The summed E-state index contributed by atoms with van der Waals surface area (Å²) in [7, 11) is 0. The standard InChI is InChI=1S/C16H22N2O4/c1-2-9-21-13-5-3-4-6-14(13)22-11-15(19)18-8-7-12(10-18)16(17)20/h3-6,12H,2,7-11H2,1H3,(H2,17,20)/t12-/m0/s1. The van der Waals surface area contributed by atoms with Gasteiger partial charge in [0.2, 0.25) is 5.91 Å². The zero-order chi connectivity index (χ0) is 15.9. The van der Waals surface area contributed by atoms with Crippen LogP contribution in [0, 0.1) is 5.92 Å². The summed E-state index contributed by atoms with van der Waals surface area (Å²) in [6, 6.07) is 7.28. The molecular formula is C16H22N2O4. The van der Waals surface area contributed by atoms with Crippen LogP contribution in [0.4, 0.5) is 0 Å². The zero-order valence-corrected chi connectivity index (χ0v) is 12.8. The highest BCUT2D eigenvalue weighted by atomic mass is 16.5. The Morgan fingerprint density at radius 1 is 1.27 bits per heavy atom. The van der Waals surface area contributed by atoms with Gasteiger partial charge in [-0.15, -0.1) is 0 Å². The van der Waals surface area contributed by atoms with Gasteiger partial charge in [-0.3, -0.25) is 9.59 Å². The van der Waals surface area contributed by atoms with E-state index in [0.29, 0.717) is 37.6 Å². The number of carbonyl (C=O) groups excluding carboxylic acids is 2. The number of primary amides is 1. The van der Waals surface area contributed by atoms with Crippen molar-refractivity contribution in [3.63, 3.8) is 0 Å². The molecule has 0 unspecified atom stereocenters. The first-order chi connectivity index (χ1) is 10.6. The van der Waals surface area contributed by atoms with Gasteiger partial charge in [0.05, 0.1) is 12.5 Å². The van der Waals surface area contributed by atoms with Gasteiger partial charge in [-0.2, -0.15) is 0 Å². The normalized spacial score (nSPS) is 17.3. The van der Waals surface area contributed by atoms with Gasteiger partial charge < -0.3 is 20.1 Å². The first-order valence-electron chi connectivity index (χ1n) is 7.53. The fraction of sp³-hybridized carbons (Fsp3) is 0.500. The van der Waals surface area contributed by atoms with Crippen molar-refractivity contribution in [3.05, 3.63) is 24.3 Å². The molecule has 0 aliphatic carbocycles. The lowest BCUT2D eigenvalue weighted by molar-refractivity contribution is -0.132. The number of hydrogen-bond acceptors (Lipinski definition) is 4. The van der Waals surface area contributed by atoms with Gasteiger partial charge in [0, 0.05) is 13.1 Å². The first-order valence-corrected chi connectivity index (χ1v) is 7.53. The van der Waals surface area contributed by atoms with Crippen LogP contribution in [0.3, 0.4) is 0 Å². The maximum atomic E-state index is 12.1. The number of hydrogen-bond donors (Lipinski definition) is 1. The summed E-state index contributed by atoms with van der Waals surface area (Å²) in [5.74, 6) is 0.441. The summed E-state index contributed by atoms with van der Waals surface area (Å²) in [6.45, 7) is 3.48. The monoisotopic (exact) mass is 306 g/mol. The lowest BCUT2D eigenvalue weighted by atomic mass is 10.1. The molecule has 1 heterocycles. The van der Waals surface area contributed by atoms with E-state index >= 15 is 0 Å². The Bertz CT molecular complexity index is 533. The Kier molecular flexibility index (Phi) is 5.63. The van der Waals surface area contributed by atoms with Crippen LogP contribution >= 0.6 is 0 Å². The fourth-order valence-corrected chi connectivity index (χ4v) is 2.35. The lowest BCUT2D eigenvalue weighted by Crippen LogP contribution is -2.34. The topological polar surface area (TPSA) is 81.9 Å². The van der Waals surface area contributed by atoms with E-state index in [1.807, 2.05) is 25.1 Å².